The summed E-state index contributed by atoms with van der Waals surface area (Å²) >= 11 is 0. The molecule has 1 aliphatic carbocycles. The summed E-state index contributed by atoms with van der Waals surface area (Å²) in [7, 11) is -2.11. The Morgan fingerprint density at radius 1 is 1.21 bits per heavy atom. The highest BCUT2D eigenvalue weighted by Gasteiger charge is 2.56. The molecule has 0 amide bonds. The summed E-state index contributed by atoms with van der Waals surface area (Å²) in [6, 6.07) is 0. The van der Waals surface area contributed by atoms with E-state index in [4.69, 9.17) is 13.9 Å². The first-order valence-electron chi connectivity index (χ1n) is 12.6. The number of rotatable bonds is 4. The molecule has 1 fully saturated rings. The molecule has 0 saturated carbocycles. The van der Waals surface area contributed by atoms with Crippen LogP contribution in [-0.2, 0) is 18.7 Å². The second-order valence-electron chi connectivity index (χ2n) is 13.1. The van der Waals surface area contributed by atoms with Gasteiger partial charge >= 0.3 is 5.97 Å². The number of hydrogen-bond donors (Lipinski definition) is 1. The summed E-state index contributed by atoms with van der Waals surface area (Å²) in [5.41, 5.74) is -0.395. The lowest BCUT2D eigenvalue weighted by Crippen LogP contribution is -2.63. The normalized spacial score (nSPS) is 39.4. The van der Waals surface area contributed by atoms with E-state index in [9.17, 15) is 9.90 Å². The predicted molar refractivity (Wildman–Crippen MR) is 134 cm³/mol. The van der Waals surface area contributed by atoms with E-state index in [1.54, 1.807) is 13.0 Å². The maximum absolute atomic E-state index is 13.2. The largest absolute Gasteiger partial charge is 0.456 e. The lowest BCUT2D eigenvalue weighted by atomic mass is 9.62. The zero-order valence-corrected chi connectivity index (χ0v) is 23.4. The van der Waals surface area contributed by atoms with Gasteiger partial charge in [-0.3, -0.25) is 4.79 Å². The zero-order chi connectivity index (χ0) is 25.0. The van der Waals surface area contributed by atoms with E-state index in [1.807, 2.05) is 26.8 Å². The molecule has 6 heteroatoms. The van der Waals surface area contributed by atoms with Crippen molar-refractivity contribution in [3.8, 4) is 0 Å². The van der Waals surface area contributed by atoms with Crippen LogP contribution < -0.4 is 0 Å². The number of carbonyl (C=O) groups is 1. The van der Waals surface area contributed by atoms with Gasteiger partial charge in [0.1, 0.15) is 5.60 Å². The third kappa shape index (κ3) is 5.66. The summed E-state index contributed by atoms with van der Waals surface area (Å²) < 4.78 is 19.7. The second-order valence-corrected chi connectivity index (χ2v) is 17.5. The molecule has 2 aliphatic heterocycles. The highest BCUT2D eigenvalue weighted by atomic mass is 28.4. The molecule has 2 heterocycles. The van der Waals surface area contributed by atoms with Crippen molar-refractivity contribution >= 4 is 14.3 Å². The molecule has 5 nitrogen and oxygen atoms in total. The van der Waals surface area contributed by atoms with Gasteiger partial charge in [0, 0.05) is 0 Å². The van der Waals surface area contributed by atoms with E-state index in [-0.39, 0.29) is 11.9 Å². The lowest BCUT2D eigenvalue weighted by Gasteiger charge is -2.54. The standard InChI is InChI=1S/C27H46O5Si/c1-17(2)19-12-11-18(3)20-15-22-26(7,29)13-14-27(31-22,32-33(8,9)10)23(16-21(19)20)30-24(28)25(4,5)6/h11,13-14,17,19-23,29H,12,15-16H2,1-10H3/t19-,20-,21+,22-,23+,26-,27?/m0/s1. The zero-order valence-electron chi connectivity index (χ0n) is 22.4. The molecular formula is C27H46O5Si. The van der Waals surface area contributed by atoms with Crippen molar-refractivity contribution in [3.63, 3.8) is 0 Å². The van der Waals surface area contributed by atoms with Crippen LogP contribution in [-0.4, -0.2) is 43.0 Å². The van der Waals surface area contributed by atoms with Gasteiger partial charge in [-0.05, 0) is 109 Å². The van der Waals surface area contributed by atoms with Gasteiger partial charge < -0.3 is 19.0 Å². The van der Waals surface area contributed by atoms with E-state index in [1.165, 1.54) is 5.57 Å². The molecule has 1 unspecified atom stereocenters. The molecule has 2 bridgehead atoms. The molecule has 1 saturated heterocycles. The first-order valence-corrected chi connectivity index (χ1v) is 16.0. The first kappa shape index (κ1) is 26.6. The SMILES string of the molecule is CC1=CC[C@@H](C(C)C)[C@H]2C[C@@H](OC(=O)C(C)(C)C)C3(O[Si](C)(C)C)C=C[C@](C)(O)[C@H](C[C@@H]12)O3. The van der Waals surface area contributed by atoms with Gasteiger partial charge in [0.15, 0.2) is 14.4 Å². The van der Waals surface area contributed by atoms with Gasteiger partial charge in [-0.2, -0.15) is 0 Å². The molecule has 0 spiro atoms. The molecule has 0 aromatic rings. The minimum Gasteiger partial charge on any atom is -0.456 e. The summed E-state index contributed by atoms with van der Waals surface area (Å²) in [5, 5.41) is 11.3. The van der Waals surface area contributed by atoms with Gasteiger partial charge in [0.2, 0.25) is 5.79 Å². The van der Waals surface area contributed by atoms with Crippen LogP contribution in [0.4, 0.5) is 0 Å². The Balaban J connectivity index is 2.16. The Morgan fingerprint density at radius 2 is 1.85 bits per heavy atom. The molecule has 0 aromatic carbocycles. The Hall–Kier alpha value is -0.953. The number of fused-ring (bicyclic) bond motifs is 3. The third-order valence-corrected chi connectivity index (χ3v) is 8.51. The quantitative estimate of drug-likeness (QED) is 0.312. The number of esters is 1. The highest BCUT2D eigenvalue weighted by molar-refractivity contribution is 6.69. The van der Waals surface area contributed by atoms with Crippen molar-refractivity contribution in [2.75, 3.05) is 0 Å². The van der Waals surface area contributed by atoms with Crippen LogP contribution in [0.1, 0.15) is 67.7 Å². The number of aliphatic hydroxyl groups is 1. The van der Waals surface area contributed by atoms with E-state index in [0.29, 0.717) is 24.2 Å². The molecule has 7 atom stereocenters. The number of allylic oxidation sites excluding steroid dienone is 2. The topological polar surface area (TPSA) is 65.0 Å². The van der Waals surface area contributed by atoms with Crippen LogP contribution in [0, 0.1) is 29.1 Å². The summed E-state index contributed by atoms with van der Waals surface area (Å²) in [6.45, 7) is 20.6. The van der Waals surface area contributed by atoms with E-state index in [2.05, 4.69) is 46.5 Å². The van der Waals surface area contributed by atoms with Gasteiger partial charge in [0.05, 0.1) is 11.5 Å². The van der Waals surface area contributed by atoms with Gasteiger partial charge in [-0.25, -0.2) is 0 Å². The first-order chi connectivity index (χ1) is 15.0. The Bertz CT molecular complexity index is 800. The fourth-order valence-electron chi connectivity index (χ4n) is 5.67. The van der Waals surface area contributed by atoms with Gasteiger partial charge in [-0.15, -0.1) is 0 Å². The monoisotopic (exact) mass is 478 g/mol. The summed E-state index contributed by atoms with van der Waals surface area (Å²) in [5.74, 6) is 0.149. The van der Waals surface area contributed by atoms with Crippen LogP contribution in [0.15, 0.2) is 23.8 Å². The Labute approximate surface area is 202 Å². The Kier molecular flexibility index (Phi) is 7.21. The molecule has 3 aliphatic rings. The average molecular weight is 479 g/mol. The minimum absolute atomic E-state index is 0.252. The van der Waals surface area contributed by atoms with Crippen LogP contribution in [0.5, 0.6) is 0 Å². The van der Waals surface area contributed by atoms with E-state index in [0.717, 1.165) is 12.8 Å². The molecule has 0 aromatic heterocycles. The maximum atomic E-state index is 13.2. The summed E-state index contributed by atoms with van der Waals surface area (Å²) in [6.07, 6.45) is 7.42. The maximum Gasteiger partial charge on any atom is 0.311 e. The fraction of sp³-hybridized carbons (Fsp3) is 0.815. The van der Waals surface area contributed by atoms with Crippen molar-refractivity contribution in [2.24, 2.45) is 29.1 Å². The van der Waals surface area contributed by atoms with Crippen LogP contribution in [0.2, 0.25) is 19.6 Å². The van der Waals surface area contributed by atoms with Crippen molar-refractivity contribution in [1.82, 2.24) is 0 Å². The molecule has 0 radical (unpaired) electrons. The minimum atomic E-state index is -2.11. The van der Waals surface area contributed by atoms with Gasteiger partial charge in [-0.1, -0.05) is 25.5 Å². The van der Waals surface area contributed by atoms with Crippen LogP contribution in [0.3, 0.4) is 0 Å². The van der Waals surface area contributed by atoms with E-state index < -0.39 is 37.3 Å². The van der Waals surface area contributed by atoms with Crippen LogP contribution >= 0.6 is 0 Å². The average Bonchev–Trinajstić information content (AvgIpc) is 2.63. The second kappa shape index (κ2) is 8.92. The van der Waals surface area contributed by atoms with Crippen LogP contribution in [0.25, 0.3) is 0 Å². The van der Waals surface area contributed by atoms with E-state index >= 15 is 0 Å². The predicted octanol–water partition coefficient (Wildman–Crippen LogP) is 5.85. The molecule has 1 N–H and O–H groups in total. The fourth-order valence-corrected chi connectivity index (χ4v) is 6.88. The van der Waals surface area contributed by atoms with Crippen molar-refractivity contribution in [2.45, 2.75) is 111 Å². The lowest BCUT2D eigenvalue weighted by molar-refractivity contribution is -0.286. The number of hydrogen-bond acceptors (Lipinski definition) is 5. The molecule has 3 rings (SSSR count). The van der Waals surface area contributed by atoms with Gasteiger partial charge in [0.25, 0.3) is 0 Å². The highest BCUT2D eigenvalue weighted by Crippen LogP contribution is 2.51. The molecule has 33 heavy (non-hydrogen) atoms. The van der Waals surface area contributed by atoms with Crippen molar-refractivity contribution in [3.05, 3.63) is 23.8 Å². The third-order valence-electron chi connectivity index (χ3n) is 7.58. The van der Waals surface area contributed by atoms with Crippen molar-refractivity contribution < 1.29 is 23.8 Å². The Morgan fingerprint density at radius 3 is 2.39 bits per heavy atom. The smallest absolute Gasteiger partial charge is 0.311 e. The number of carbonyl (C=O) groups excluding carboxylic acids is 1. The molecular weight excluding hydrogens is 432 g/mol. The van der Waals surface area contributed by atoms with Crippen molar-refractivity contribution in [1.29, 1.82) is 0 Å². The molecule has 188 valence electrons. The summed E-state index contributed by atoms with van der Waals surface area (Å²) in [4.78, 5) is 13.2. The number of ether oxygens (including phenoxy) is 2.